The molecule has 0 radical (unpaired) electrons. The Morgan fingerprint density at radius 3 is 2.64 bits per heavy atom. The van der Waals surface area contributed by atoms with E-state index >= 15 is 0 Å². The van der Waals surface area contributed by atoms with Gasteiger partial charge in [0.25, 0.3) is 11.7 Å². The van der Waals surface area contributed by atoms with E-state index in [9.17, 15) is 4.79 Å². The molecule has 0 bridgehead atoms. The van der Waals surface area contributed by atoms with E-state index in [0.717, 1.165) is 6.42 Å². The van der Waals surface area contributed by atoms with E-state index in [4.69, 9.17) is 16.0 Å². The monoisotopic (exact) mass is 198 g/mol. The molecular formula is C8H14N4O2. The van der Waals surface area contributed by atoms with Crippen molar-refractivity contribution in [3.63, 3.8) is 0 Å². The smallest absolute Gasteiger partial charge is 0.290 e. The number of rotatable bonds is 4. The van der Waals surface area contributed by atoms with Crippen LogP contribution in [0, 0.1) is 5.92 Å². The summed E-state index contributed by atoms with van der Waals surface area (Å²) in [4.78, 5) is 14.4. The molecule has 1 rings (SSSR count). The van der Waals surface area contributed by atoms with Gasteiger partial charge in [-0.1, -0.05) is 19.0 Å². The molecule has 78 valence electrons. The number of hydrogen-bond donors (Lipinski definition) is 2. The molecule has 6 nitrogen and oxygen atoms in total. The summed E-state index contributed by atoms with van der Waals surface area (Å²) in [6, 6.07) is -0.337. The van der Waals surface area contributed by atoms with Crippen LogP contribution in [0.4, 0.5) is 0 Å². The van der Waals surface area contributed by atoms with Crippen molar-refractivity contribution in [1.29, 1.82) is 0 Å². The third-order valence-electron chi connectivity index (χ3n) is 1.70. The van der Waals surface area contributed by atoms with Crippen LogP contribution >= 0.6 is 0 Å². The van der Waals surface area contributed by atoms with Crippen LogP contribution < -0.4 is 11.5 Å². The van der Waals surface area contributed by atoms with E-state index in [2.05, 4.69) is 10.1 Å². The highest BCUT2D eigenvalue weighted by Crippen LogP contribution is 2.16. The maximum atomic E-state index is 10.7. The van der Waals surface area contributed by atoms with E-state index < -0.39 is 5.91 Å². The topological polar surface area (TPSA) is 108 Å². The summed E-state index contributed by atoms with van der Waals surface area (Å²) in [5.74, 6) is -0.155. The van der Waals surface area contributed by atoms with Crippen LogP contribution in [0.25, 0.3) is 0 Å². The minimum atomic E-state index is -0.711. The molecule has 14 heavy (non-hydrogen) atoms. The van der Waals surface area contributed by atoms with E-state index in [1.807, 2.05) is 13.8 Å². The minimum Gasteiger partial charge on any atom is -0.363 e. The summed E-state index contributed by atoms with van der Waals surface area (Å²) in [5.41, 5.74) is 10.7. The number of nitrogens with two attached hydrogens (primary N) is 2. The van der Waals surface area contributed by atoms with Crippen molar-refractivity contribution < 1.29 is 9.32 Å². The van der Waals surface area contributed by atoms with Gasteiger partial charge in [0.15, 0.2) is 0 Å². The number of primary amides is 1. The Morgan fingerprint density at radius 1 is 1.57 bits per heavy atom. The predicted molar refractivity (Wildman–Crippen MR) is 49.2 cm³/mol. The molecule has 0 aliphatic rings. The van der Waals surface area contributed by atoms with Gasteiger partial charge in [-0.2, -0.15) is 4.98 Å². The summed E-state index contributed by atoms with van der Waals surface area (Å²) in [7, 11) is 0. The maximum Gasteiger partial charge on any atom is 0.290 e. The number of carbonyl (C=O) groups excluding carboxylic acids is 1. The lowest BCUT2D eigenvalue weighted by Crippen LogP contribution is -2.15. The van der Waals surface area contributed by atoms with Crippen LogP contribution in [0.3, 0.4) is 0 Å². The second-order valence-electron chi connectivity index (χ2n) is 3.56. The van der Waals surface area contributed by atoms with Gasteiger partial charge in [-0.3, -0.25) is 4.79 Å². The second-order valence-corrected chi connectivity index (χ2v) is 3.56. The molecule has 0 saturated carbocycles. The summed E-state index contributed by atoms with van der Waals surface area (Å²) < 4.78 is 4.80. The number of aromatic nitrogens is 2. The first-order valence-corrected chi connectivity index (χ1v) is 4.39. The van der Waals surface area contributed by atoms with Gasteiger partial charge in [-0.15, -0.1) is 0 Å². The molecule has 0 aromatic carbocycles. The molecule has 6 heteroatoms. The third kappa shape index (κ3) is 2.53. The van der Waals surface area contributed by atoms with Gasteiger partial charge in [-0.05, 0) is 12.3 Å². The van der Waals surface area contributed by atoms with Gasteiger partial charge in [0.2, 0.25) is 5.89 Å². The molecule has 0 aliphatic heterocycles. The van der Waals surface area contributed by atoms with Gasteiger partial charge in [-0.25, -0.2) is 0 Å². The average molecular weight is 198 g/mol. The van der Waals surface area contributed by atoms with Crippen molar-refractivity contribution >= 4 is 5.91 Å². The fraction of sp³-hybridized carbons (Fsp3) is 0.625. The predicted octanol–water partition coefficient (Wildman–Crippen LogP) is 0.214. The van der Waals surface area contributed by atoms with Crippen LogP contribution in [0.5, 0.6) is 0 Å². The summed E-state index contributed by atoms with van der Waals surface area (Å²) in [6.45, 7) is 4.07. The molecule has 0 spiro atoms. The Balaban J connectivity index is 2.71. The number of nitrogens with zero attached hydrogens (tertiary/aromatic N) is 2. The van der Waals surface area contributed by atoms with Gasteiger partial charge in [0.1, 0.15) is 0 Å². The van der Waals surface area contributed by atoms with Crippen molar-refractivity contribution in [2.75, 3.05) is 0 Å². The summed E-state index contributed by atoms with van der Waals surface area (Å²) >= 11 is 0. The van der Waals surface area contributed by atoms with Gasteiger partial charge >= 0.3 is 0 Å². The summed E-state index contributed by atoms with van der Waals surface area (Å²) in [5, 5.41) is 3.40. The molecule has 4 N–H and O–H groups in total. The van der Waals surface area contributed by atoms with Crippen LogP contribution in [0.1, 0.15) is 42.8 Å². The van der Waals surface area contributed by atoms with Crippen molar-refractivity contribution in [1.82, 2.24) is 10.1 Å². The van der Waals surface area contributed by atoms with Crippen molar-refractivity contribution in [2.45, 2.75) is 26.3 Å². The third-order valence-corrected chi connectivity index (χ3v) is 1.70. The van der Waals surface area contributed by atoms with Crippen LogP contribution in [-0.2, 0) is 0 Å². The van der Waals surface area contributed by atoms with Crippen molar-refractivity contribution in [3.8, 4) is 0 Å². The zero-order valence-corrected chi connectivity index (χ0v) is 8.23. The molecular weight excluding hydrogens is 184 g/mol. The van der Waals surface area contributed by atoms with Crippen LogP contribution in [0.15, 0.2) is 4.52 Å². The lowest BCUT2D eigenvalue weighted by atomic mass is 10.0. The second kappa shape index (κ2) is 4.19. The highest BCUT2D eigenvalue weighted by Gasteiger charge is 2.17. The molecule has 1 unspecified atom stereocenters. The SMILES string of the molecule is CC(C)CC(N)c1nc(C(N)=O)no1. The molecule has 1 aromatic rings. The Bertz CT molecular complexity index is 321. The first-order valence-electron chi connectivity index (χ1n) is 4.39. The zero-order chi connectivity index (χ0) is 10.7. The fourth-order valence-corrected chi connectivity index (χ4v) is 1.09. The average Bonchev–Trinajstić information content (AvgIpc) is 2.50. The van der Waals surface area contributed by atoms with E-state index in [0.29, 0.717) is 5.92 Å². The van der Waals surface area contributed by atoms with Crippen molar-refractivity contribution in [3.05, 3.63) is 11.7 Å². The molecule has 1 heterocycles. The lowest BCUT2D eigenvalue weighted by molar-refractivity contribution is 0.0987. The Labute approximate surface area is 81.6 Å². The number of amides is 1. The van der Waals surface area contributed by atoms with Crippen LogP contribution in [0.2, 0.25) is 0 Å². The molecule has 0 fully saturated rings. The number of hydrogen-bond acceptors (Lipinski definition) is 5. The molecule has 1 amide bonds. The zero-order valence-electron chi connectivity index (χ0n) is 8.23. The number of carbonyl (C=O) groups is 1. The highest BCUT2D eigenvalue weighted by atomic mass is 16.5. The van der Waals surface area contributed by atoms with Gasteiger partial charge in [0.05, 0.1) is 6.04 Å². The fourth-order valence-electron chi connectivity index (χ4n) is 1.09. The highest BCUT2D eigenvalue weighted by molar-refractivity contribution is 5.88. The van der Waals surface area contributed by atoms with E-state index in [-0.39, 0.29) is 17.8 Å². The Morgan fingerprint density at radius 2 is 2.21 bits per heavy atom. The first-order chi connectivity index (χ1) is 6.50. The molecule has 0 aliphatic carbocycles. The molecule has 1 aromatic heterocycles. The normalized spacial score (nSPS) is 13.1. The largest absolute Gasteiger partial charge is 0.363 e. The summed E-state index contributed by atoms with van der Waals surface area (Å²) in [6.07, 6.45) is 0.723. The van der Waals surface area contributed by atoms with Gasteiger partial charge in [0, 0.05) is 0 Å². The minimum absolute atomic E-state index is 0.126. The molecule has 0 saturated heterocycles. The molecule has 1 atom stereocenters. The van der Waals surface area contributed by atoms with Gasteiger partial charge < -0.3 is 16.0 Å². The lowest BCUT2D eigenvalue weighted by Gasteiger charge is -2.08. The maximum absolute atomic E-state index is 10.7. The quantitative estimate of drug-likeness (QED) is 0.719. The van der Waals surface area contributed by atoms with E-state index in [1.165, 1.54) is 0 Å². The van der Waals surface area contributed by atoms with E-state index in [1.54, 1.807) is 0 Å². The first kappa shape index (κ1) is 10.6. The Kier molecular flexibility index (Phi) is 3.19. The standard InChI is InChI=1S/C8H14N4O2/c1-4(2)3-5(9)8-11-7(6(10)13)12-14-8/h4-5H,3,9H2,1-2H3,(H2,10,13). The van der Waals surface area contributed by atoms with Crippen LogP contribution in [-0.4, -0.2) is 16.0 Å². The Hall–Kier alpha value is -1.43. The van der Waals surface area contributed by atoms with Crippen molar-refractivity contribution in [2.24, 2.45) is 17.4 Å².